The van der Waals surface area contributed by atoms with E-state index in [1.165, 1.54) is 37.7 Å². The maximum Gasteiger partial charge on any atom is 0.0450 e. The second kappa shape index (κ2) is 5.02. The molecule has 0 aromatic heterocycles. The summed E-state index contributed by atoms with van der Waals surface area (Å²) in [6.45, 7) is 2.30. The van der Waals surface area contributed by atoms with E-state index in [0.29, 0.717) is 11.6 Å². The van der Waals surface area contributed by atoms with Crippen molar-refractivity contribution in [1.82, 2.24) is 10.2 Å². The molecule has 98 valence electrons. The first-order valence-electron chi connectivity index (χ1n) is 7.30. The molecule has 1 unspecified atom stereocenters. The highest BCUT2D eigenvalue weighted by Crippen LogP contribution is 2.36. The Bertz CT molecular complexity index is 381. The highest BCUT2D eigenvalue weighted by Gasteiger charge is 2.40. The molecule has 18 heavy (non-hydrogen) atoms. The lowest BCUT2D eigenvalue weighted by Gasteiger charge is -2.50. The lowest BCUT2D eigenvalue weighted by molar-refractivity contribution is 0.0317. The summed E-state index contributed by atoms with van der Waals surface area (Å²) in [4.78, 5) is 2.63. The molecule has 2 nitrogen and oxygen atoms in total. The van der Waals surface area contributed by atoms with Gasteiger partial charge in [-0.2, -0.15) is 0 Å². The van der Waals surface area contributed by atoms with E-state index >= 15 is 0 Å². The quantitative estimate of drug-likeness (QED) is 0.817. The number of nitrogens with zero attached hydrogens (tertiary/aromatic N) is 1. The number of nitrogens with one attached hydrogen (secondary N) is 1. The molecule has 1 aliphatic carbocycles. The van der Waals surface area contributed by atoms with Crippen molar-refractivity contribution in [3.8, 4) is 0 Å². The van der Waals surface area contributed by atoms with Crippen LogP contribution < -0.4 is 5.32 Å². The molecule has 1 N–H and O–H groups in total. The molecular formula is C16H24N2. The predicted molar refractivity (Wildman–Crippen MR) is 75.6 cm³/mol. The summed E-state index contributed by atoms with van der Waals surface area (Å²) in [5.74, 6) is 0. The summed E-state index contributed by atoms with van der Waals surface area (Å²) in [7, 11) is 2.32. The molecule has 0 radical (unpaired) electrons. The standard InChI is InChI=1S/C16H24N2/c1-18-12-15(14-8-4-2-5-9-14)17-13-16(18)10-6-3-7-11-16/h2,4-5,8-9,15,17H,3,6-7,10-13H2,1H3. The van der Waals surface area contributed by atoms with Gasteiger partial charge in [0.2, 0.25) is 0 Å². The SMILES string of the molecule is CN1CC(c2ccccc2)NCC12CCCCC2. The van der Waals surface area contributed by atoms with Gasteiger partial charge < -0.3 is 5.32 Å². The van der Waals surface area contributed by atoms with Crippen LogP contribution in [0, 0.1) is 0 Å². The third-order valence-electron chi connectivity index (χ3n) is 4.93. The fraction of sp³-hybridized carbons (Fsp3) is 0.625. The third kappa shape index (κ3) is 2.19. The summed E-state index contributed by atoms with van der Waals surface area (Å²) in [5, 5.41) is 3.78. The number of benzene rings is 1. The topological polar surface area (TPSA) is 15.3 Å². The molecule has 1 aromatic carbocycles. The average molecular weight is 244 g/mol. The van der Waals surface area contributed by atoms with Crippen LogP contribution in [0.25, 0.3) is 0 Å². The molecule has 0 amide bonds. The Morgan fingerprint density at radius 1 is 1.11 bits per heavy atom. The van der Waals surface area contributed by atoms with E-state index in [-0.39, 0.29) is 0 Å². The maximum absolute atomic E-state index is 3.78. The van der Waals surface area contributed by atoms with Crippen molar-refractivity contribution in [1.29, 1.82) is 0 Å². The number of piperazine rings is 1. The van der Waals surface area contributed by atoms with Crippen LogP contribution >= 0.6 is 0 Å². The van der Waals surface area contributed by atoms with Crippen LogP contribution in [0.4, 0.5) is 0 Å². The van der Waals surface area contributed by atoms with E-state index in [1.54, 1.807) is 0 Å². The summed E-state index contributed by atoms with van der Waals surface area (Å²) in [6.07, 6.45) is 6.98. The molecule has 1 saturated heterocycles. The molecule has 1 aromatic rings. The molecule has 2 fully saturated rings. The lowest BCUT2D eigenvalue weighted by atomic mass is 9.78. The van der Waals surface area contributed by atoms with Crippen molar-refractivity contribution in [3.63, 3.8) is 0 Å². The average Bonchev–Trinajstić information content (AvgIpc) is 2.44. The smallest absolute Gasteiger partial charge is 0.0450 e. The van der Waals surface area contributed by atoms with Gasteiger partial charge >= 0.3 is 0 Å². The highest BCUT2D eigenvalue weighted by atomic mass is 15.3. The second-order valence-electron chi connectivity index (χ2n) is 6.01. The lowest BCUT2D eigenvalue weighted by Crippen LogP contribution is -2.61. The molecule has 1 saturated carbocycles. The maximum atomic E-state index is 3.78. The minimum atomic E-state index is 0.448. The van der Waals surface area contributed by atoms with Gasteiger partial charge in [0.15, 0.2) is 0 Å². The van der Waals surface area contributed by atoms with Crippen molar-refractivity contribution in [2.24, 2.45) is 0 Å². The molecule has 2 aliphatic rings. The minimum absolute atomic E-state index is 0.448. The molecule has 3 rings (SSSR count). The summed E-state index contributed by atoms with van der Waals surface area (Å²) < 4.78 is 0. The first-order chi connectivity index (χ1) is 8.80. The van der Waals surface area contributed by atoms with Gasteiger partial charge in [-0.05, 0) is 25.5 Å². The molecule has 1 spiro atoms. The largest absolute Gasteiger partial charge is 0.307 e. The van der Waals surface area contributed by atoms with Crippen LogP contribution in [0.15, 0.2) is 30.3 Å². The molecular weight excluding hydrogens is 220 g/mol. The zero-order chi connectivity index (χ0) is 12.4. The number of likely N-dealkylation sites (N-methyl/N-ethyl adjacent to an activating group) is 1. The van der Waals surface area contributed by atoms with E-state index in [4.69, 9.17) is 0 Å². The van der Waals surface area contributed by atoms with Gasteiger partial charge in [-0.3, -0.25) is 4.90 Å². The Hall–Kier alpha value is -0.860. The van der Waals surface area contributed by atoms with Crippen LogP contribution in [0.2, 0.25) is 0 Å². The second-order valence-corrected chi connectivity index (χ2v) is 6.01. The third-order valence-corrected chi connectivity index (χ3v) is 4.93. The minimum Gasteiger partial charge on any atom is -0.307 e. The fourth-order valence-corrected chi connectivity index (χ4v) is 3.66. The van der Waals surface area contributed by atoms with Crippen LogP contribution in [0.1, 0.15) is 43.7 Å². The molecule has 1 heterocycles. The Morgan fingerprint density at radius 3 is 2.50 bits per heavy atom. The van der Waals surface area contributed by atoms with E-state index < -0.39 is 0 Å². The van der Waals surface area contributed by atoms with Crippen LogP contribution in [-0.2, 0) is 0 Å². The van der Waals surface area contributed by atoms with Gasteiger partial charge in [-0.25, -0.2) is 0 Å². The van der Waals surface area contributed by atoms with Crippen molar-refractivity contribution >= 4 is 0 Å². The molecule has 2 heteroatoms. The Kier molecular flexibility index (Phi) is 3.40. The molecule has 1 aliphatic heterocycles. The Morgan fingerprint density at radius 2 is 1.83 bits per heavy atom. The van der Waals surface area contributed by atoms with E-state index in [0.717, 1.165) is 13.1 Å². The summed E-state index contributed by atoms with van der Waals surface area (Å²) in [5.41, 5.74) is 1.87. The summed E-state index contributed by atoms with van der Waals surface area (Å²) >= 11 is 0. The molecule has 1 atom stereocenters. The van der Waals surface area contributed by atoms with Gasteiger partial charge in [0.25, 0.3) is 0 Å². The van der Waals surface area contributed by atoms with Crippen LogP contribution in [0.3, 0.4) is 0 Å². The van der Waals surface area contributed by atoms with E-state index in [2.05, 4.69) is 47.6 Å². The molecule has 0 bridgehead atoms. The van der Waals surface area contributed by atoms with Crippen molar-refractivity contribution in [2.75, 3.05) is 20.1 Å². The van der Waals surface area contributed by atoms with E-state index in [1.807, 2.05) is 0 Å². The zero-order valence-electron chi connectivity index (χ0n) is 11.4. The van der Waals surface area contributed by atoms with Gasteiger partial charge in [-0.1, -0.05) is 49.6 Å². The normalized spacial score (nSPS) is 28.4. The first-order valence-corrected chi connectivity index (χ1v) is 7.30. The predicted octanol–water partition coefficient (Wildman–Crippen LogP) is 2.97. The van der Waals surface area contributed by atoms with Gasteiger partial charge in [-0.15, -0.1) is 0 Å². The van der Waals surface area contributed by atoms with E-state index in [9.17, 15) is 0 Å². The Labute approximate surface area is 110 Å². The number of rotatable bonds is 1. The van der Waals surface area contributed by atoms with Gasteiger partial charge in [0, 0.05) is 24.7 Å². The number of hydrogen-bond acceptors (Lipinski definition) is 2. The Balaban J connectivity index is 1.71. The van der Waals surface area contributed by atoms with Crippen LogP contribution in [0.5, 0.6) is 0 Å². The van der Waals surface area contributed by atoms with Gasteiger partial charge in [0.05, 0.1) is 0 Å². The van der Waals surface area contributed by atoms with Gasteiger partial charge in [0.1, 0.15) is 0 Å². The van der Waals surface area contributed by atoms with Crippen molar-refractivity contribution in [2.45, 2.75) is 43.7 Å². The van der Waals surface area contributed by atoms with Crippen molar-refractivity contribution < 1.29 is 0 Å². The number of hydrogen-bond donors (Lipinski definition) is 1. The summed E-state index contributed by atoms with van der Waals surface area (Å²) in [6, 6.07) is 11.4. The van der Waals surface area contributed by atoms with Crippen LogP contribution in [-0.4, -0.2) is 30.6 Å². The first kappa shape index (κ1) is 12.2. The zero-order valence-corrected chi connectivity index (χ0v) is 11.4. The highest BCUT2D eigenvalue weighted by molar-refractivity contribution is 5.20. The fourth-order valence-electron chi connectivity index (χ4n) is 3.66. The monoisotopic (exact) mass is 244 g/mol. The van der Waals surface area contributed by atoms with Crippen molar-refractivity contribution in [3.05, 3.63) is 35.9 Å².